The zero-order valence-corrected chi connectivity index (χ0v) is 16.8. The lowest BCUT2D eigenvalue weighted by atomic mass is 10.0. The molecule has 1 aromatic heterocycles. The summed E-state index contributed by atoms with van der Waals surface area (Å²) in [5.74, 6) is 0. The van der Waals surface area contributed by atoms with Gasteiger partial charge in [-0.15, -0.1) is 11.3 Å². The molecule has 3 aromatic rings. The predicted molar refractivity (Wildman–Crippen MR) is 110 cm³/mol. The third kappa shape index (κ3) is 3.42. The van der Waals surface area contributed by atoms with Crippen molar-refractivity contribution in [2.45, 2.75) is 31.2 Å². The van der Waals surface area contributed by atoms with Crippen LogP contribution in [0.25, 0.3) is 0 Å². The van der Waals surface area contributed by atoms with E-state index in [0.29, 0.717) is 6.42 Å². The molecule has 0 radical (unpaired) electrons. The lowest BCUT2D eigenvalue weighted by Crippen LogP contribution is -2.27. The maximum Gasteiger partial charge on any atom is 0.279 e. The summed E-state index contributed by atoms with van der Waals surface area (Å²) < 4.78 is 28.0. The normalized spacial score (nSPS) is 17.2. The largest absolute Gasteiger partial charge is 0.279 e. The smallest absolute Gasteiger partial charge is 0.200 e. The van der Waals surface area contributed by atoms with Crippen LogP contribution in [0.1, 0.15) is 34.0 Å². The minimum atomic E-state index is -3.74. The molecule has 2 aromatic carbocycles. The van der Waals surface area contributed by atoms with Gasteiger partial charge < -0.3 is 0 Å². The Balaban J connectivity index is 1.79. The second kappa shape index (κ2) is 6.94. The Bertz CT molecular complexity index is 1070. The molecule has 0 unspecified atom stereocenters. The van der Waals surface area contributed by atoms with Crippen molar-refractivity contribution in [3.05, 3.63) is 87.6 Å². The van der Waals surface area contributed by atoms with Crippen molar-refractivity contribution in [1.82, 2.24) is 4.41 Å². The van der Waals surface area contributed by atoms with Gasteiger partial charge in [0.25, 0.3) is 10.0 Å². The highest BCUT2D eigenvalue weighted by Crippen LogP contribution is 2.37. The van der Waals surface area contributed by atoms with Gasteiger partial charge in [0.2, 0.25) is 0 Å². The van der Waals surface area contributed by atoms with E-state index < -0.39 is 10.0 Å². The first-order valence-electron chi connectivity index (χ1n) is 8.74. The first-order chi connectivity index (χ1) is 12.9. The molecule has 0 bridgehead atoms. The van der Waals surface area contributed by atoms with Crippen LogP contribution in [0, 0.1) is 13.8 Å². The number of sulfonamides is 1. The number of aryl methyl sites for hydroxylation is 2. The molecule has 1 aliphatic heterocycles. The molecule has 6 heteroatoms. The van der Waals surface area contributed by atoms with Crippen molar-refractivity contribution >= 4 is 27.1 Å². The molecule has 0 fully saturated rings. The number of rotatable bonds is 4. The number of hydrazone groups is 1. The van der Waals surface area contributed by atoms with Crippen molar-refractivity contribution in [1.29, 1.82) is 0 Å². The summed E-state index contributed by atoms with van der Waals surface area (Å²) >= 11 is 1.58. The zero-order valence-electron chi connectivity index (χ0n) is 15.2. The Labute approximate surface area is 163 Å². The van der Waals surface area contributed by atoms with Gasteiger partial charge in [0.1, 0.15) is 0 Å². The molecule has 0 N–H and O–H groups in total. The number of benzene rings is 2. The molecule has 0 saturated heterocycles. The summed E-state index contributed by atoms with van der Waals surface area (Å²) in [4.78, 5) is 1.27. The second-order valence-electron chi connectivity index (χ2n) is 6.75. The third-order valence-corrected chi connectivity index (χ3v) is 7.32. The average Bonchev–Trinajstić information content (AvgIpc) is 3.33. The summed E-state index contributed by atoms with van der Waals surface area (Å²) in [6, 6.07) is 18.5. The van der Waals surface area contributed by atoms with Gasteiger partial charge in [0, 0.05) is 6.42 Å². The van der Waals surface area contributed by atoms with Crippen molar-refractivity contribution in [3.63, 3.8) is 0 Å². The molecular weight excluding hydrogens is 376 g/mol. The molecule has 138 valence electrons. The van der Waals surface area contributed by atoms with Crippen LogP contribution in [0.2, 0.25) is 0 Å². The quantitative estimate of drug-likeness (QED) is 0.629. The molecular formula is C21H20N2O2S2. The van der Waals surface area contributed by atoms with Crippen LogP contribution in [0.15, 0.2) is 76.0 Å². The Hall–Kier alpha value is -2.44. The minimum absolute atomic E-state index is 0.265. The van der Waals surface area contributed by atoms with Gasteiger partial charge >= 0.3 is 0 Å². The Morgan fingerprint density at radius 2 is 1.59 bits per heavy atom. The first-order valence-corrected chi connectivity index (χ1v) is 11.1. The zero-order chi connectivity index (χ0) is 19.0. The van der Waals surface area contributed by atoms with E-state index in [-0.39, 0.29) is 10.9 Å². The molecule has 0 aliphatic carbocycles. The van der Waals surface area contributed by atoms with Gasteiger partial charge in [0.05, 0.1) is 21.5 Å². The first kappa shape index (κ1) is 17.9. The van der Waals surface area contributed by atoms with Crippen LogP contribution in [0.5, 0.6) is 0 Å². The number of nitrogens with zero attached hydrogens (tertiary/aromatic N) is 2. The minimum Gasteiger partial charge on any atom is -0.200 e. The fraction of sp³-hybridized carbons (Fsp3) is 0.190. The highest BCUT2D eigenvalue weighted by Gasteiger charge is 2.37. The van der Waals surface area contributed by atoms with Crippen molar-refractivity contribution < 1.29 is 8.42 Å². The van der Waals surface area contributed by atoms with Crippen LogP contribution in [0.4, 0.5) is 0 Å². The van der Waals surface area contributed by atoms with E-state index >= 15 is 0 Å². The summed E-state index contributed by atoms with van der Waals surface area (Å²) in [5.41, 5.74) is 3.93. The number of hydrogen-bond acceptors (Lipinski definition) is 4. The van der Waals surface area contributed by atoms with E-state index in [1.165, 1.54) is 4.41 Å². The summed E-state index contributed by atoms with van der Waals surface area (Å²) in [5, 5.41) is 6.54. The van der Waals surface area contributed by atoms with Crippen LogP contribution in [-0.4, -0.2) is 18.5 Å². The molecule has 0 saturated carbocycles. The maximum atomic E-state index is 13.3. The van der Waals surface area contributed by atoms with Crippen LogP contribution >= 0.6 is 11.3 Å². The lowest BCUT2D eigenvalue weighted by molar-refractivity contribution is 0.371. The Kier molecular flexibility index (Phi) is 4.61. The summed E-state index contributed by atoms with van der Waals surface area (Å²) in [7, 11) is -3.74. The third-order valence-electron chi connectivity index (χ3n) is 4.71. The summed E-state index contributed by atoms with van der Waals surface area (Å²) in [6.45, 7) is 3.96. The van der Waals surface area contributed by atoms with E-state index in [1.807, 2.05) is 67.8 Å². The lowest BCUT2D eigenvalue weighted by Gasteiger charge is -2.23. The van der Waals surface area contributed by atoms with Gasteiger partial charge in [-0.25, -0.2) is 0 Å². The maximum absolute atomic E-state index is 13.3. The van der Waals surface area contributed by atoms with Gasteiger partial charge in [-0.2, -0.15) is 17.9 Å². The van der Waals surface area contributed by atoms with Gasteiger partial charge in [-0.05, 0) is 43.0 Å². The predicted octanol–water partition coefficient (Wildman–Crippen LogP) is 4.90. The SMILES string of the molecule is Cc1ccc([C@H]2CC(c3cccs3)=NN2S(=O)(=O)c2ccc(C)cc2)cc1. The van der Waals surface area contributed by atoms with Crippen molar-refractivity contribution in [2.75, 3.05) is 0 Å². The molecule has 4 rings (SSSR count). The molecule has 4 nitrogen and oxygen atoms in total. The second-order valence-corrected chi connectivity index (χ2v) is 9.49. The molecule has 27 heavy (non-hydrogen) atoms. The fourth-order valence-corrected chi connectivity index (χ4v) is 5.31. The molecule has 2 heterocycles. The van der Waals surface area contributed by atoms with Crippen molar-refractivity contribution in [3.8, 4) is 0 Å². The highest BCUT2D eigenvalue weighted by atomic mass is 32.2. The van der Waals surface area contributed by atoms with Crippen LogP contribution in [-0.2, 0) is 10.0 Å². The van der Waals surface area contributed by atoms with E-state index in [9.17, 15) is 8.42 Å². The van der Waals surface area contributed by atoms with E-state index in [4.69, 9.17) is 0 Å². The molecule has 1 aliphatic rings. The Morgan fingerprint density at radius 1 is 0.963 bits per heavy atom. The van der Waals surface area contributed by atoms with E-state index in [0.717, 1.165) is 27.3 Å². The Morgan fingerprint density at radius 3 is 2.19 bits per heavy atom. The highest BCUT2D eigenvalue weighted by molar-refractivity contribution is 7.89. The van der Waals surface area contributed by atoms with Crippen molar-refractivity contribution in [2.24, 2.45) is 5.10 Å². The van der Waals surface area contributed by atoms with Crippen LogP contribution in [0.3, 0.4) is 0 Å². The summed E-state index contributed by atoms with van der Waals surface area (Å²) in [6.07, 6.45) is 0.564. The number of thiophene rings is 1. The standard InChI is InChI=1S/C21H20N2O2S2/c1-15-5-9-17(10-6-15)20-14-19(21-4-3-13-26-21)22-23(20)27(24,25)18-11-7-16(2)8-12-18/h3-13,20H,14H2,1-2H3/t20-/m1/s1. The molecule has 1 atom stereocenters. The van der Waals surface area contributed by atoms with Gasteiger partial charge in [-0.3, -0.25) is 0 Å². The number of hydrogen-bond donors (Lipinski definition) is 0. The van der Waals surface area contributed by atoms with Crippen LogP contribution < -0.4 is 0 Å². The van der Waals surface area contributed by atoms with E-state index in [2.05, 4.69) is 5.10 Å². The molecule has 0 spiro atoms. The van der Waals surface area contributed by atoms with E-state index in [1.54, 1.807) is 23.5 Å². The monoisotopic (exact) mass is 396 g/mol. The van der Waals surface area contributed by atoms with Gasteiger partial charge in [-0.1, -0.05) is 53.6 Å². The fourth-order valence-electron chi connectivity index (χ4n) is 3.16. The molecule has 0 amide bonds. The average molecular weight is 397 g/mol. The topological polar surface area (TPSA) is 49.7 Å². The van der Waals surface area contributed by atoms with Gasteiger partial charge in [0.15, 0.2) is 0 Å².